The van der Waals surface area contributed by atoms with Crippen LogP contribution in [-0.4, -0.2) is 48.0 Å². The number of hydrogen-bond acceptors (Lipinski definition) is 5. The van der Waals surface area contributed by atoms with Crippen molar-refractivity contribution < 1.29 is 0 Å². The highest BCUT2D eigenvalue weighted by Crippen LogP contribution is 2.17. The van der Waals surface area contributed by atoms with Crippen LogP contribution in [0.5, 0.6) is 0 Å². The molecule has 0 aliphatic carbocycles. The molecular weight excluding hydrogens is 346 g/mol. The summed E-state index contributed by atoms with van der Waals surface area (Å²) in [5.41, 5.74) is 4.28. The van der Waals surface area contributed by atoms with E-state index in [1.165, 1.54) is 5.56 Å². The fraction of sp³-hybridized carbons (Fsp3) is 0.389. The first kappa shape index (κ1) is 18.2. The molecule has 0 unspecified atom stereocenters. The molecule has 0 saturated heterocycles. The van der Waals surface area contributed by atoms with Gasteiger partial charge in [-0.05, 0) is 18.6 Å². The number of pyridine rings is 1. The van der Waals surface area contributed by atoms with Gasteiger partial charge in [-0.1, -0.05) is 6.07 Å². The molecule has 0 fully saturated rings. The highest BCUT2D eigenvalue weighted by Gasteiger charge is 2.06. The Balaban J connectivity index is 1.49. The molecule has 3 rings (SSSR count). The molecule has 3 heterocycles. The fourth-order valence-electron chi connectivity index (χ4n) is 2.61. The molecule has 0 aromatic carbocycles. The summed E-state index contributed by atoms with van der Waals surface area (Å²) >= 11 is 1.64. The number of hydrogen-bond donors (Lipinski definition) is 2. The van der Waals surface area contributed by atoms with E-state index in [1.54, 1.807) is 18.4 Å². The van der Waals surface area contributed by atoms with Crippen LogP contribution >= 0.6 is 11.3 Å². The standard InChI is InChI=1S/C18H25N7S/c1-13-6-5-9-25-11-14(22-16(13)25)7-8-20-17(19-2)21-10-15-12-26-18(23-15)24(3)4/h5-6,9,11-12H,7-8,10H2,1-4H3,(H2,19,20,21). The summed E-state index contributed by atoms with van der Waals surface area (Å²) < 4.78 is 2.07. The van der Waals surface area contributed by atoms with E-state index in [-0.39, 0.29) is 0 Å². The van der Waals surface area contributed by atoms with E-state index in [9.17, 15) is 0 Å². The van der Waals surface area contributed by atoms with Gasteiger partial charge >= 0.3 is 0 Å². The Labute approximate surface area is 157 Å². The Bertz CT molecular complexity index is 894. The minimum atomic E-state index is 0.650. The maximum absolute atomic E-state index is 4.70. The SMILES string of the molecule is CN=C(NCCc1cn2cccc(C)c2n1)NCc1csc(N(C)C)n1. The smallest absolute Gasteiger partial charge is 0.191 e. The Morgan fingerprint density at radius 3 is 2.81 bits per heavy atom. The Kier molecular flexibility index (Phi) is 5.72. The number of thiazole rings is 1. The van der Waals surface area contributed by atoms with Gasteiger partial charge in [-0.25, -0.2) is 9.97 Å². The first-order chi connectivity index (χ1) is 12.6. The number of aromatic nitrogens is 3. The molecule has 3 aromatic rings. The number of aryl methyl sites for hydroxylation is 1. The maximum Gasteiger partial charge on any atom is 0.191 e. The van der Waals surface area contributed by atoms with E-state index in [0.717, 1.165) is 41.1 Å². The van der Waals surface area contributed by atoms with Gasteiger partial charge in [0.25, 0.3) is 0 Å². The van der Waals surface area contributed by atoms with Crippen LogP contribution in [0.1, 0.15) is 17.0 Å². The van der Waals surface area contributed by atoms with Crippen LogP contribution in [0.25, 0.3) is 5.65 Å². The topological polar surface area (TPSA) is 69.8 Å². The first-order valence-electron chi connectivity index (χ1n) is 8.56. The molecule has 2 N–H and O–H groups in total. The lowest BCUT2D eigenvalue weighted by Crippen LogP contribution is -2.38. The van der Waals surface area contributed by atoms with Crippen LogP contribution in [0.4, 0.5) is 5.13 Å². The second-order valence-electron chi connectivity index (χ2n) is 6.27. The van der Waals surface area contributed by atoms with Crippen molar-refractivity contribution in [3.05, 3.63) is 46.9 Å². The summed E-state index contributed by atoms with van der Waals surface area (Å²) in [4.78, 5) is 15.5. The number of fused-ring (bicyclic) bond motifs is 1. The van der Waals surface area contributed by atoms with Crippen LogP contribution in [-0.2, 0) is 13.0 Å². The van der Waals surface area contributed by atoms with E-state index in [4.69, 9.17) is 4.98 Å². The van der Waals surface area contributed by atoms with Gasteiger partial charge < -0.3 is 19.9 Å². The molecule has 0 spiro atoms. The summed E-state index contributed by atoms with van der Waals surface area (Å²) in [5, 5.41) is 9.70. The number of anilines is 1. The van der Waals surface area contributed by atoms with Crippen molar-refractivity contribution in [1.29, 1.82) is 0 Å². The second-order valence-corrected chi connectivity index (χ2v) is 7.11. The van der Waals surface area contributed by atoms with Gasteiger partial charge in [0.1, 0.15) is 5.65 Å². The van der Waals surface area contributed by atoms with Crippen molar-refractivity contribution in [3.8, 4) is 0 Å². The third-order valence-corrected chi connectivity index (χ3v) is 5.04. The molecule has 0 saturated carbocycles. The van der Waals surface area contributed by atoms with Crippen molar-refractivity contribution in [2.24, 2.45) is 4.99 Å². The zero-order valence-corrected chi connectivity index (χ0v) is 16.5. The molecule has 0 atom stereocenters. The molecule has 0 radical (unpaired) electrons. The second kappa shape index (κ2) is 8.18. The summed E-state index contributed by atoms with van der Waals surface area (Å²) in [6.07, 6.45) is 4.95. The summed E-state index contributed by atoms with van der Waals surface area (Å²) in [5.74, 6) is 0.768. The van der Waals surface area contributed by atoms with Gasteiger partial charge in [-0.2, -0.15) is 0 Å². The van der Waals surface area contributed by atoms with Gasteiger partial charge in [0, 0.05) is 51.9 Å². The average molecular weight is 372 g/mol. The van der Waals surface area contributed by atoms with E-state index in [1.807, 2.05) is 31.3 Å². The third-order valence-electron chi connectivity index (χ3n) is 3.98. The number of imidazole rings is 1. The van der Waals surface area contributed by atoms with Crippen LogP contribution < -0.4 is 15.5 Å². The van der Waals surface area contributed by atoms with E-state index in [0.29, 0.717) is 6.54 Å². The first-order valence-corrected chi connectivity index (χ1v) is 9.44. The largest absolute Gasteiger partial charge is 0.356 e. The minimum absolute atomic E-state index is 0.650. The van der Waals surface area contributed by atoms with Gasteiger partial charge in [0.15, 0.2) is 11.1 Å². The van der Waals surface area contributed by atoms with Gasteiger partial charge in [-0.15, -0.1) is 11.3 Å². The van der Waals surface area contributed by atoms with Gasteiger partial charge in [0.05, 0.1) is 17.9 Å². The Morgan fingerprint density at radius 1 is 1.27 bits per heavy atom. The monoisotopic (exact) mass is 371 g/mol. The molecule has 138 valence electrons. The number of guanidine groups is 1. The van der Waals surface area contributed by atoms with E-state index < -0.39 is 0 Å². The Hall–Kier alpha value is -2.61. The maximum atomic E-state index is 4.70. The molecule has 0 amide bonds. The fourth-order valence-corrected chi connectivity index (χ4v) is 3.37. The predicted octanol–water partition coefficient (Wildman–Crippen LogP) is 2.07. The molecule has 26 heavy (non-hydrogen) atoms. The number of aliphatic imine (C=N–C) groups is 1. The molecular formula is C18H25N7S. The predicted molar refractivity (Wildman–Crippen MR) is 108 cm³/mol. The number of nitrogens with one attached hydrogen (secondary N) is 2. The average Bonchev–Trinajstić information content (AvgIpc) is 3.25. The van der Waals surface area contributed by atoms with Crippen molar-refractivity contribution in [3.63, 3.8) is 0 Å². The number of nitrogens with zero attached hydrogens (tertiary/aromatic N) is 5. The summed E-state index contributed by atoms with van der Waals surface area (Å²) in [7, 11) is 5.77. The van der Waals surface area contributed by atoms with Crippen LogP contribution in [0, 0.1) is 6.92 Å². The molecule has 8 heteroatoms. The molecule has 7 nitrogen and oxygen atoms in total. The molecule has 0 aliphatic heterocycles. The van der Waals surface area contributed by atoms with E-state index >= 15 is 0 Å². The normalized spacial score (nSPS) is 11.8. The number of rotatable bonds is 6. The quantitative estimate of drug-likeness (QED) is 0.513. The van der Waals surface area contributed by atoms with Crippen LogP contribution in [0.2, 0.25) is 0 Å². The zero-order chi connectivity index (χ0) is 18.5. The van der Waals surface area contributed by atoms with E-state index in [2.05, 4.69) is 49.6 Å². The van der Waals surface area contributed by atoms with Crippen molar-refractivity contribution in [1.82, 2.24) is 25.0 Å². The Morgan fingerprint density at radius 2 is 2.12 bits per heavy atom. The van der Waals surface area contributed by atoms with Gasteiger partial charge in [0.2, 0.25) is 0 Å². The molecule has 0 aliphatic rings. The summed E-state index contributed by atoms with van der Waals surface area (Å²) in [6, 6.07) is 4.12. The lowest BCUT2D eigenvalue weighted by Gasteiger charge is -2.10. The lowest BCUT2D eigenvalue weighted by molar-refractivity contribution is 0.779. The highest BCUT2D eigenvalue weighted by molar-refractivity contribution is 7.13. The molecule has 0 bridgehead atoms. The molecule has 3 aromatic heterocycles. The third kappa shape index (κ3) is 4.32. The van der Waals surface area contributed by atoms with Crippen molar-refractivity contribution in [2.45, 2.75) is 19.9 Å². The lowest BCUT2D eigenvalue weighted by atomic mass is 10.3. The highest BCUT2D eigenvalue weighted by atomic mass is 32.1. The van der Waals surface area contributed by atoms with Crippen LogP contribution in [0.3, 0.4) is 0 Å². The van der Waals surface area contributed by atoms with Crippen molar-refractivity contribution in [2.75, 3.05) is 32.6 Å². The van der Waals surface area contributed by atoms with Crippen molar-refractivity contribution >= 4 is 28.1 Å². The summed E-state index contributed by atoms with van der Waals surface area (Å²) in [6.45, 7) is 3.50. The zero-order valence-electron chi connectivity index (χ0n) is 15.7. The van der Waals surface area contributed by atoms with Gasteiger partial charge in [-0.3, -0.25) is 4.99 Å². The van der Waals surface area contributed by atoms with Crippen LogP contribution in [0.15, 0.2) is 34.9 Å². The minimum Gasteiger partial charge on any atom is -0.356 e.